The Morgan fingerprint density at radius 1 is 1.21 bits per heavy atom. The van der Waals surface area contributed by atoms with Crippen molar-refractivity contribution in [1.82, 2.24) is 5.32 Å². The molecule has 0 aromatic heterocycles. The van der Waals surface area contributed by atoms with E-state index in [1.165, 1.54) is 12.1 Å². The van der Waals surface area contributed by atoms with Crippen LogP contribution in [0, 0.1) is 5.92 Å². The maximum atomic E-state index is 12.2. The third kappa shape index (κ3) is 6.29. The molecule has 0 unspecified atom stereocenters. The zero-order chi connectivity index (χ0) is 18.3. The maximum absolute atomic E-state index is 12.2. The van der Waals surface area contributed by atoms with Crippen molar-refractivity contribution in [3.63, 3.8) is 0 Å². The fourth-order valence-corrected chi connectivity index (χ4v) is 3.48. The first kappa shape index (κ1) is 20.1. The molecule has 0 radical (unpaired) electrons. The summed E-state index contributed by atoms with van der Waals surface area (Å²) in [5, 5.41) is 12.1. The summed E-state index contributed by atoms with van der Waals surface area (Å²) in [6, 6.07) is 6.66. The highest BCUT2D eigenvalue weighted by molar-refractivity contribution is 7.91. The molecule has 24 heavy (non-hydrogen) atoms. The lowest BCUT2D eigenvalue weighted by molar-refractivity contribution is -0.133. The summed E-state index contributed by atoms with van der Waals surface area (Å²) < 4.78 is 24.4. The Labute approximate surface area is 142 Å². The van der Waals surface area contributed by atoms with E-state index >= 15 is 0 Å². The fraction of sp³-hybridized carbons (Fsp3) is 0.500. The van der Waals surface area contributed by atoms with Gasteiger partial charge in [0.05, 0.1) is 10.6 Å². The predicted octanol–water partition coefficient (Wildman–Crippen LogP) is 0.228. The summed E-state index contributed by atoms with van der Waals surface area (Å²) in [5.41, 5.74) is 5.22. The van der Waals surface area contributed by atoms with Crippen molar-refractivity contribution in [3.8, 4) is 0 Å². The van der Waals surface area contributed by atoms with Gasteiger partial charge in [-0.1, -0.05) is 32.0 Å². The number of hydrogen-bond acceptors (Lipinski definition) is 5. The summed E-state index contributed by atoms with van der Waals surface area (Å²) in [6.45, 7) is 3.68. The van der Waals surface area contributed by atoms with E-state index in [1.54, 1.807) is 18.2 Å². The van der Waals surface area contributed by atoms with E-state index in [2.05, 4.69) is 5.32 Å². The minimum atomic E-state index is -3.59. The Bertz CT molecular complexity index is 658. The van der Waals surface area contributed by atoms with Gasteiger partial charge in [0, 0.05) is 0 Å². The van der Waals surface area contributed by atoms with Gasteiger partial charge in [-0.05, 0) is 30.9 Å². The number of hydrogen-bond donors (Lipinski definition) is 3. The highest BCUT2D eigenvalue weighted by atomic mass is 32.2. The molecule has 1 rings (SSSR count). The van der Waals surface area contributed by atoms with E-state index in [-0.39, 0.29) is 29.4 Å². The van der Waals surface area contributed by atoms with E-state index < -0.39 is 33.8 Å². The maximum Gasteiger partial charge on any atom is 0.249 e. The normalized spacial score (nSPS) is 14.2. The van der Waals surface area contributed by atoms with Crippen LogP contribution in [-0.4, -0.2) is 43.2 Å². The third-order valence-electron chi connectivity index (χ3n) is 3.43. The number of amides is 2. The van der Waals surface area contributed by atoms with Gasteiger partial charge in [-0.15, -0.1) is 0 Å². The van der Waals surface area contributed by atoms with E-state index in [9.17, 15) is 23.1 Å². The highest BCUT2D eigenvalue weighted by Crippen LogP contribution is 2.12. The molecule has 0 saturated heterocycles. The number of sulfone groups is 1. The smallest absolute Gasteiger partial charge is 0.249 e. The number of carbonyl (C=O) groups excluding carboxylic acids is 2. The van der Waals surface area contributed by atoms with Crippen LogP contribution in [0.5, 0.6) is 0 Å². The van der Waals surface area contributed by atoms with Gasteiger partial charge in [0.25, 0.3) is 0 Å². The molecule has 0 aliphatic carbocycles. The van der Waals surface area contributed by atoms with Crippen molar-refractivity contribution in [2.24, 2.45) is 11.7 Å². The van der Waals surface area contributed by atoms with Crippen LogP contribution in [0.3, 0.4) is 0 Å². The average molecular weight is 356 g/mol. The number of rotatable bonds is 9. The van der Waals surface area contributed by atoms with Crippen LogP contribution < -0.4 is 11.1 Å². The lowest BCUT2D eigenvalue weighted by atomic mass is 10.1. The molecule has 2 atom stereocenters. The summed E-state index contributed by atoms with van der Waals surface area (Å²) in [5.74, 6) is -1.82. The van der Waals surface area contributed by atoms with Gasteiger partial charge in [0.15, 0.2) is 9.84 Å². The topological polar surface area (TPSA) is 127 Å². The number of aliphatic hydroxyl groups excluding tert-OH is 1. The number of aliphatic hydroxyl groups is 1. The zero-order valence-corrected chi connectivity index (χ0v) is 14.6. The molecule has 1 aromatic carbocycles. The van der Waals surface area contributed by atoms with Crippen molar-refractivity contribution in [2.75, 3.05) is 5.75 Å². The van der Waals surface area contributed by atoms with Gasteiger partial charge in [0.2, 0.25) is 11.8 Å². The quantitative estimate of drug-likeness (QED) is 0.584. The predicted molar refractivity (Wildman–Crippen MR) is 89.7 cm³/mol. The Kier molecular flexibility index (Phi) is 7.37. The molecule has 8 heteroatoms. The average Bonchev–Trinajstić information content (AvgIpc) is 2.51. The molecular weight excluding hydrogens is 332 g/mol. The molecule has 0 bridgehead atoms. The van der Waals surface area contributed by atoms with Gasteiger partial charge < -0.3 is 16.2 Å². The molecule has 1 aromatic rings. The SMILES string of the molecule is CC(C)C[C@@H](O)C(=O)N[C@H](CCS(=O)(=O)c1ccccc1)C(N)=O. The van der Waals surface area contributed by atoms with Gasteiger partial charge in [-0.25, -0.2) is 8.42 Å². The summed E-state index contributed by atoms with van der Waals surface area (Å²) in [4.78, 5) is 23.5. The third-order valence-corrected chi connectivity index (χ3v) is 5.20. The minimum Gasteiger partial charge on any atom is -0.383 e. The summed E-state index contributed by atoms with van der Waals surface area (Å²) >= 11 is 0. The van der Waals surface area contributed by atoms with Gasteiger partial charge in [0.1, 0.15) is 12.1 Å². The monoisotopic (exact) mass is 356 g/mol. The Hall–Kier alpha value is -1.93. The first-order valence-corrected chi connectivity index (χ1v) is 9.34. The molecule has 4 N–H and O–H groups in total. The summed E-state index contributed by atoms with van der Waals surface area (Å²) in [7, 11) is -3.59. The number of nitrogens with one attached hydrogen (secondary N) is 1. The second kappa shape index (κ2) is 8.79. The molecular formula is C16H24N2O5S. The van der Waals surface area contributed by atoms with Crippen molar-refractivity contribution in [1.29, 1.82) is 0 Å². The van der Waals surface area contributed by atoms with Crippen LogP contribution in [0.25, 0.3) is 0 Å². The number of nitrogens with two attached hydrogens (primary N) is 1. The highest BCUT2D eigenvalue weighted by Gasteiger charge is 2.25. The Balaban J connectivity index is 2.70. The molecule has 0 aliphatic heterocycles. The molecule has 7 nitrogen and oxygen atoms in total. The van der Waals surface area contributed by atoms with Crippen molar-refractivity contribution in [3.05, 3.63) is 30.3 Å². The van der Waals surface area contributed by atoms with Gasteiger partial charge in [-0.3, -0.25) is 9.59 Å². The number of benzene rings is 1. The second-order valence-corrected chi connectivity index (χ2v) is 8.14. The van der Waals surface area contributed by atoms with Gasteiger partial charge in [-0.2, -0.15) is 0 Å². The van der Waals surface area contributed by atoms with Crippen LogP contribution >= 0.6 is 0 Å². The molecule has 2 amide bonds. The number of primary amides is 1. The van der Waals surface area contributed by atoms with Crippen molar-refractivity contribution < 1.29 is 23.1 Å². The number of carbonyl (C=O) groups is 2. The van der Waals surface area contributed by atoms with Crippen LogP contribution in [-0.2, 0) is 19.4 Å². The van der Waals surface area contributed by atoms with E-state index in [4.69, 9.17) is 5.73 Å². The molecule has 0 saturated carbocycles. The van der Waals surface area contributed by atoms with E-state index in [1.807, 2.05) is 13.8 Å². The van der Waals surface area contributed by atoms with E-state index in [0.29, 0.717) is 0 Å². The lowest BCUT2D eigenvalue weighted by Crippen LogP contribution is -2.49. The Morgan fingerprint density at radius 3 is 2.29 bits per heavy atom. The molecule has 134 valence electrons. The van der Waals surface area contributed by atoms with Crippen LogP contribution in [0.15, 0.2) is 35.2 Å². The first-order valence-electron chi connectivity index (χ1n) is 7.69. The lowest BCUT2D eigenvalue weighted by Gasteiger charge is -2.19. The van der Waals surface area contributed by atoms with E-state index in [0.717, 1.165) is 0 Å². The molecule has 0 spiro atoms. The van der Waals surface area contributed by atoms with Crippen molar-refractivity contribution >= 4 is 21.7 Å². The van der Waals surface area contributed by atoms with Crippen LogP contribution in [0.2, 0.25) is 0 Å². The molecule has 0 fully saturated rings. The van der Waals surface area contributed by atoms with Crippen molar-refractivity contribution in [2.45, 2.75) is 43.7 Å². The fourth-order valence-electron chi connectivity index (χ4n) is 2.13. The van der Waals surface area contributed by atoms with Gasteiger partial charge >= 0.3 is 0 Å². The first-order chi connectivity index (χ1) is 11.1. The summed E-state index contributed by atoms with van der Waals surface area (Å²) in [6.07, 6.45) is -1.19. The van der Waals surface area contributed by atoms with Crippen LogP contribution in [0.4, 0.5) is 0 Å². The molecule has 0 aliphatic rings. The minimum absolute atomic E-state index is 0.0937. The zero-order valence-electron chi connectivity index (χ0n) is 13.8. The standard InChI is InChI=1S/C16H24N2O5S/c1-11(2)10-14(19)16(21)18-13(15(17)20)8-9-24(22,23)12-6-4-3-5-7-12/h3-7,11,13-14,19H,8-10H2,1-2H3,(H2,17,20)(H,18,21)/t13-,14-/m1/s1. The second-order valence-electron chi connectivity index (χ2n) is 6.03. The van der Waals surface area contributed by atoms with Crippen LogP contribution in [0.1, 0.15) is 26.7 Å². The largest absolute Gasteiger partial charge is 0.383 e. The Morgan fingerprint density at radius 2 is 1.79 bits per heavy atom. The molecule has 0 heterocycles.